The molecular weight excluding hydrogens is 547 g/mol. The van der Waals surface area contributed by atoms with Gasteiger partial charge in [-0.05, 0) is 12.8 Å². The van der Waals surface area contributed by atoms with Gasteiger partial charge in [0.1, 0.15) is 6.10 Å². The molecule has 0 aliphatic heterocycles. The van der Waals surface area contributed by atoms with Crippen molar-refractivity contribution in [3.8, 4) is 0 Å². The van der Waals surface area contributed by atoms with Gasteiger partial charge in [0.05, 0.1) is 26.4 Å². The third-order valence-electron chi connectivity index (χ3n) is 8.13. The zero-order valence-electron chi connectivity index (χ0n) is 28.2. The number of hydrogen-bond donors (Lipinski definition) is 2. The maximum absolute atomic E-state index is 13.0. The predicted molar refractivity (Wildman–Crippen MR) is 179 cm³/mol. The average Bonchev–Trinajstić information content (AvgIpc) is 3.00. The minimum atomic E-state index is -3.73. The van der Waals surface area contributed by atoms with Gasteiger partial charge in [-0.2, -0.15) is 0 Å². The Labute approximate surface area is 262 Å². The number of aliphatic hydroxyl groups excluding tert-OH is 2. The van der Waals surface area contributed by atoms with Gasteiger partial charge in [-0.3, -0.25) is 13.6 Å². The zero-order valence-corrected chi connectivity index (χ0v) is 29.1. The highest BCUT2D eigenvalue weighted by atomic mass is 31.2. The van der Waals surface area contributed by atoms with Crippen LogP contribution in [0.15, 0.2) is 0 Å². The fraction of sp³-hybridized carbons (Fsp3) is 1.00. The van der Waals surface area contributed by atoms with Crippen molar-refractivity contribution in [1.29, 1.82) is 0 Å². The fourth-order valence-corrected chi connectivity index (χ4v) is 6.57. The Kier molecular flexibility index (Phi) is 33.9. The normalized spacial score (nSPS) is 12.8. The Hall–Kier alpha value is 0.0300. The number of hydrogen-bond acceptors (Lipinski definition) is 6. The van der Waals surface area contributed by atoms with Gasteiger partial charge in [0.15, 0.2) is 0 Å². The summed E-state index contributed by atoms with van der Waals surface area (Å²) >= 11 is 0. The lowest BCUT2D eigenvalue weighted by atomic mass is 10.0. The third kappa shape index (κ3) is 31.5. The van der Waals surface area contributed by atoms with Crippen LogP contribution in [0, 0.1) is 0 Å². The molecule has 254 valence electrons. The van der Waals surface area contributed by atoms with E-state index >= 15 is 0 Å². The molecule has 0 saturated carbocycles. The Morgan fingerprint density at radius 1 is 0.452 bits per heavy atom. The quantitative estimate of drug-likeness (QED) is 0.0535. The first-order valence-electron chi connectivity index (χ1n) is 18.4. The smallest absolute Gasteiger partial charge is 0.394 e. The summed E-state index contributed by atoms with van der Waals surface area (Å²) in [6.45, 7) is 4.48. The van der Waals surface area contributed by atoms with E-state index in [-0.39, 0.29) is 6.61 Å². The zero-order chi connectivity index (χ0) is 30.8. The molecule has 0 saturated heterocycles. The summed E-state index contributed by atoms with van der Waals surface area (Å²) in [6.07, 6.45) is 34.7. The molecule has 0 rings (SSSR count). The SMILES string of the molecule is CCCCCCCCCCCCCCCCOP(=O)(OCCCCCCCCCCCCCCCC)OCC(O)CO. The van der Waals surface area contributed by atoms with E-state index in [1.165, 1.54) is 141 Å². The summed E-state index contributed by atoms with van der Waals surface area (Å²) < 4.78 is 29.5. The number of phosphoric acid groups is 1. The van der Waals surface area contributed by atoms with Crippen molar-refractivity contribution in [2.24, 2.45) is 0 Å². The molecule has 0 aromatic carbocycles. The van der Waals surface area contributed by atoms with Crippen LogP contribution in [0.2, 0.25) is 0 Å². The highest BCUT2D eigenvalue weighted by molar-refractivity contribution is 7.48. The van der Waals surface area contributed by atoms with Gasteiger partial charge in [-0.25, -0.2) is 4.57 Å². The molecule has 42 heavy (non-hydrogen) atoms. The van der Waals surface area contributed by atoms with Gasteiger partial charge in [0.2, 0.25) is 0 Å². The van der Waals surface area contributed by atoms with Crippen LogP contribution in [0.5, 0.6) is 0 Å². The minimum Gasteiger partial charge on any atom is -0.394 e. The maximum atomic E-state index is 13.0. The van der Waals surface area contributed by atoms with Crippen molar-refractivity contribution in [1.82, 2.24) is 0 Å². The molecule has 0 amide bonds. The lowest BCUT2D eigenvalue weighted by molar-refractivity contribution is 0.0286. The number of unbranched alkanes of at least 4 members (excludes halogenated alkanes) is 26. The van der Waals surface area contributed by atoms with E-state index in [1.807, 2.05) is 0 Å². The van der Waals surface area contributed by atoms with Crippen LogP contribution in [0.4, 0.5) is 0 Å². The summed E-state index contributed by atoms with van der Waals surface area (Å²) in [7, 11) is -3.73. The molecule has 1 atom stereocenters. The van der Waals surface area contributed by atoms with E-state index in [0.29, 0.717) is 13.2 Å². The van der Waals surface area contributed by atoms with E-state index in [9.17, 15) is 9.67 Å². The van der Waals surface area contributed by atoms with Gasteiger partial charge in [-0.1, -0.05) is 181 Å². The largest absolute Gasteiger partial charge is 0.474 e. The molecular formula is C35H73O6P. The first-order chi connectivity index (χ1) is 20.6. The second kappa shape index (κ2) is 33.9. The number of aliphatic hydroxyl groups is 2. The van der Waals surface area contributed by atoms with Crippen LogP contribution in [-0.4, -0.2) is 42.7 Å². The summed E-state index contributed by atoms with van der Waals surface area (Å²) in [5.74, 6) is 0. The fourth-order valence-electron chi connectivity index (χ4n) is 5.29. The molecule has 0 radical (unpaired) electrons. The van der Waals surface area contributed by atoms with E-state index in [2.05, 4.69) is 13.8 Å². The van der Waals surface area contributed by atoms with Gasteiger partial charge < -0.3 is 10.2 Å². The highest BCUT2D eigenvalue weighted by Gasteiger charge is 2.27. The van der Waals surface area contributed by atoms with E-state index in [1.54, 1.807) is 0 Å². The van der Waals surface area contributed by atoms with Crippen molar-refractivity contribution in [3.05, 3.63) is 0 Å². The summed E-state index contributed by atoms with van der Waals surface area (Å²) in [4.78, 5) is 0. The van der Waals surface area contributed by atoms with E-state index in [0.717, 1.165) is 38.5 Å². The molecule has 7 heteroatoms. The van der Waals surface area contributed by atoms with Gasteiger partial charge in [-0.15, -0.1) is 0 Å². The monoisotopic (exact) mass is 621 g/mol. The predicted octanol–water partition coefficient (Wildman–Crippen LogP) is 11.5. The summed E-state index contributed by atoms with van der Waals surface area (Å²) in [5.41, 5.74) is 0. The van der Waals surface area contributed by atoms with Gasteiger partial charge >= 0.3 is 7.82 Å². The molecule has 0 spiro atoms. The van der Waals surface area contributed by atoms with Crippen LogP contribution in [0.1, 0.15) is 194 Å². The first-order valence-corrected chi connectivity index (χ1v) is 19.9. The van der Waals surface area contributed by atoms with E-state index < -0.39 is 20.5 Å². The minimum absolute atomic E-state index is 0.259. The molecule has 0 fully saturated rings. The Morgan fingerprint density at radius 3 is 0.976 bits per heavy atom. The Balaban J connectivity index is 3.80. The van der Waals surface area contributed by atoms with Crippen molar-refractivity contribution in [2.45, 2.75) is 200 Å². The van der Waals surface area contributed by atoms with Crippen molar-refractivity contribution >= 4 is 7.82 Å². The van der Waals surface area contributed by atoms with Crippen LogP contribution >= 0.6 is 7.82 Å². The number of phosphoric ester groups is 1. The average molecular weight is 621 g/mol. The maximum Gasteiger partial charge on any atom is 0.474 e. The molecule has 0 bridgehead atoms. The van der Waals surface area contributed by atoms with Crippen molar-refractivity contribution in [3.63, 3.8) is 0 Å². The number of rotatable bonds is 36. The lowest BCUT2D eigenvalue weighted by Gasteiger charge is -2.19. The molecule has 0 aromatic heterocycles. The second-order valence-corrected chi connectivity index (χ2v) is 14.1. The topological polar surface area (TPSA) is 85.2 Å². The molecule has 0 heterocycles. The van der Waals surface area contributed by atoms with Crippen LogP contribution in [-0.2, 0) is 18.1 Å². The Morgan fingerprint density at radius 2 is 0.714 bits per heavy atom. The summed E-state index contributed by atoms with van der Waals surface area (Å²) in [6, 6.07) is 0. The standard InChI is InChI=1S/C35H73O6P/c1-3-5-7-9-11-13-15-17-19-21-23-25-27-29-31-39-42(38,41-34-35(37)33-36)40-32-30-28-26-24-22-20-18-16-14-12-10-8-6-4-2/h35-37H,3-34H2,1-2H3. The second-order valence-electron chi connectivity index (χ2n) is 12.4. The van der Waals surface area contributed by atoms with Crippen LogP contribution < -0.4 is 0 Å². The van der Waals surface area contributed by atoms with E-state index in [4.69, 9.17) is 18.7 Å². The lowest BCUT2D eigenvalue weighted by Crippen LogP contribution is -2.19. The van der Waals surface area contributed by atoms with Gasteiger partial charge in [0.25, 0.3) is 0 Å². The molecule has 6 nitrogen and oxygen atoms in total. The molecule has 0 aromatic rings. The molecule has 0 aliphatic carbocycles. The van der Waals surface area contributed by atoms with Crippen LogP contribution in [0.25, 0.3) is 0 Å². The van der Waals surface area contributed by atoms with Gasteiger partial charge in [0, 0.05) is 0 Å². The molecule has 1 unspecified atom stereocenters. The highest BCUT2D eigenvalue weighted by Crippen LogP contribution is 2.49. The van der Waals surface area contributed by atoms with Crippen molar-refractivity contribution < 1.29 is 28.3 Å². The summed E-state index contributed by atoms with van der Waals surface area (Å²) in [5, 5.41) is 18.7. The van der Waals surface area contributed by atoms with Crippen LogP contribution in [0.3, 0.4) is 0 Å². The Bertz CT molecular complexity index is 524. The van der Waals surface area contributed by atoms with Crippen molar-refractivity contribution in [2.75, 3.05) is 26.4 Å². The third-order valence-corrected chi connectivity index (χ3v) is 9.59. The molecule has 0 aliphatic rings. The molecule has 2 N–H and O–H groups in total. The first kappa shape index (κ1) is 42.0.